The smallest absolute Gasteiger partial charge is 0.193 e. The molecular formula is C18H33N3O3S. The molecule has 6 nitrogen and oxygen atoms in total. The van der Waals surface area contributed by atoms with E-state index in [2.05, 4.69) is 24.1 Å². The third-order valence-corrected chi connectivity index (χ3v) is 7.40. The lowest BCUT2D eigenvalue weighted by Gasteiger charge is -2.37. The zero-order valence-corrected chi connectivity index (χ0v) is 16.4. The molecule has 7 heteroatoms. The molecule has 0 aromatic rings. The van der Waals surface area contributed by atoms with Crippen LogP contribution in [0.15, 0.2) is 4.99 Å². The topological polar surface area (TPSA) is 71.0 Å². The first-order valence-corrected chi connectivity index (χ1v) is 11.5. The summed E-state index contributed by atoms with van der Waals surface area (Å²) in [6.07, 6.45) is 3.12. The molecule has 4 atom stereocenters. The molecular weight excluding hydrogens is 338 g/mol. The second-order valence-electron chi connectivity index (χ2n) is 8.39. The van der Waals surface area contributed by atoms with Gasteiger partial charge < -0.3 is 15.0 Å². The Morgan fingerprint density at radius 1 is 1.20 bits per heavy atom. The highest BCUT2D eigenvalue weighted by molar-refractivity contribution is 7.91. The molecule has 0 bridgehead atoms. The Bertz CT molecular complexity index is 562. The molecule has 0 aliphatic carbocycles. The highest BCUT2D eigenvalue weighted by Crippen LogP contribution is 2.22. The molecule has 0 aromatic heterocycles. The van der Waals surface area contributed by atoms with Crippen molar-refractivity contribution in [1.29, 1.82) is 0 Å². The van der Waals surface area contributed by atoms with Crippen LogP contribution in [0.25, 0.3) is 0 Å². The van der Waals surface area contributed by atoms with Gasteiger partial charge in [0.1, 0.15) is 0 Å². The molecule has 0 aromatic carbocycles. The summed E-state index contributed by atoms with van der Waals surface area (Å²) >= 11 is 0. The van der Waals surface area contributed by atoms with Gasteiger partial charge in [0.2, 0.25) is 0 Å². The van der Waals surface area contributed by atoms with Crippen LogP contribution in [0.2, 0.25) is 0 Å². The van der Waals surface area contributed by atoms with E-state index >= 15 is 0 Å². The molecule has 144 valence electrons. The third kappa shape index (κ3) is 5.58. The lowest BCUT2D eigenvalue weighted by atomic mass is 9.92. The molecule has 3 heterocycles. The van der Waals surface area contributed by atoms with Gasteiger partial charge in [-0.2, -0.15) is 0 Å². The minimum absolute atomic E-state index is 0.177. The zero-order valence-electron chi connectivity index (χ0n) is 15.6. The van der Waals surface area contributed by atoms with Crippen LogP contribution in [0.1, 0.15) is 33.1 Å². The van der Waals surface area contributed by atoms with Crippen LogP contribution in [0.4, 0.5) is 0 Å². The quantitative estimate of drug-likeness (QED) is 0.597. The maximum absolute atomic E-state index is 11.7. The Kier molecular flexibility index (Phi) is 6.25. The van der Waals surface area contributed by atoms with Gasteiger partial charge in [-0.25, -0.2) is 8.42 Å². The van der Waals surface area contributed by atoms with E-state index in [-0.39, 0.29) is 5.92 Å². The Hall–Kier alpha value is -0.820. The molecule has 3 fully saturated rings. The van der Waals surface area contributed by atoms with Crippen molar-refractivity contribution < 1.29 is 13.2 Å². The number of nitrogens with one attached hydrogen (secondary N) is 1. The van der Waals surface area contributed by atoms with Crippen LogP contribution in [-0.2, 0) is 14.6 Å². The summed E-state index contributed by atoms with van der Waals surface area (Å²) in [4.78, 5) is 7.22. The summed E-state index contributed by atoms with van der Waals surface area (Å²) in [5, 5.41) is 3.56. The predicted octanol–water partition coefficient (Wildman–Crippen LogP) is 1.38. The SMILES string of the molecule is CC1CC(C)CN(C(=NCC2CCS(=O)(=O)C2)NCC2CCOC2)C1. The summed E-state index contributed by atoms with van der Waals surface area (Å²) in [7, 11) is -2.83. The fourth-order valence-electron chi connectivity index (χ4n) is 4.32. The van der Waals surface area contributed by atoms with Gasteiger partial charge in [0, 0.05) is 38.7 Å². The summed E-state index contributed by atoms with van der Waals surface area (Å²) in [5.41, 5.74) is 0. The van der Waals surface area contributed by atoms with Gasteiger partial charge in [-0.05, 0) is 37.0 Å². The largest absolute Gasteiger partial charge is 0.381 e. The van der Waals surface area contributed by atoms with E-state index in [9.17, 15) is 8.42 Å². The maximum atomic E-state index is 11.7. The Morgan fingerprint density at radius 3 is 2.56 bits per heavy atom. The molecule has 0 amide bonds. The van der Waals surface area contributed by atoms with E-state index in [0.29, 0.717) is 35.8 Å². The van der Waals surface area contributed by atoms with Crippen LogP contribution in [-0.4, -0.2) is 70.2 Å². The molecule has 0 saturated carbocycles. The average molecular weight is 372 g/mol. The van der Waals surface area contributed by atoms with E-state index in [1.54, 1.807) is 0 Å². The van der Waals surface area contributed by atoms with E-state index in [4.69, 9.17) is 9.73 Å². The normalized spacial score (nSPS) is 35.9. The van der Waals surface area contributed by atoms with E-state index in [1.807, 2.05) is 0 Å². The number of likely N-dealkylation sites (tertiary alicyclic amines) is 1. The van der Waals surface area contributed by atoms with Crippen molar-refractivity contribution in [2.45, 2.75) is 33.1 Å². The summed E-state index contributed by atoms with van der Waals surface area (Å²) in [6.45, 7) is 9.84. The van der Waals surface area contributed by atoms with E-state index < -0.39 is 9.84 Å². The number of guanidine groups is 1. The molecule has 0 radical (unpaired) electrons. The Labute approximate surface area is 152 Å². The number of piperidine rings is 1. The van der Waals surface area contributed by atoms with Gasteiger partial charge in [-0.3, -0.25) is 4.99 Å². The van der Waals surface area contributed by atoms with Crippen LogP contribution < -0.4 is 5.32 Å². The van der Waals surface area contributed by atoms with Gasteiger partial charge >= 0.3 is 0 Å². The summed E-state index contributed by atoms with van der Waals surface area (Å²) < 4.78 is 28.8. The number of aliphatic imine (C=N–C) groups is 1. The van der Waals surface area contributed by atoms with Gasteiger partial charge in [0.15, 0.2) is 15.8 Å². The van der Waals surface area contributed by atoms with Crippen molar-refractivity contribution in [3.63, 3.8) is 0 Å². The zero-order chi connectivity index (χ0) is 17.9. The number of hydrogen-bond acceptors (Lipinski definition) is 4. The number of sulfone groups is 1. The summed E-state index contributed by atoms with van der Waals surface area (Å²) in [6, 6.07) is 0. The molecule has 3 rings (SSSR count). The van der Waals surface area contributed by atoms with Crippen molar-refractivity contribution >= 4 is 15.8 Å². The molecule has 3 saturated heterocycles. The van der Waals surface area contributed by atoms with Gasteiger partial charge in [0.25, 0.3) is 0 Å². The van der Waals surface area contributed by atoms with Gasteiger partial charge in [-0.1, -0.05) is 13.8 Å². The Morgan fingerprint density at radius 2 is 1.96 bits per heavy atom. The molecule has 25 heavy (non-hydrogen) atoms. The van der Waals surface area contributed by atoms with E-state index in [0.717, 1.165) is 51.6 Å². The van der Waals surface area contributed by atoms with Crippen LogP contribution in [0.3, 0.4) is 0 Å². The molecule has 4 unspecified atom stereocenters. The highest BCUT2D eigenvalue weighted by Gasteiger charge is 2.29. The molecule has 3 aliphatic rings. The van der Waals surface area contributed by atoms with Gasteiger partial charge in [0.05, 0.1) is 18.1 Å². The predicted molar refractivity (Wildman–Crippen MR) is 101 cm³/mol. The minimum atomic E-state index is -2.83. The number of rotatable bonds is 4. The fourth-order valence-corrected chi connectivity index (χ4v) is 6.16. The second kappa shape index (κ2) is 8.25. The Balaban J connectivity index is 1.63. The minimum Gasteiger partial charge on any atom is -0.381 e. The fraction of sp³-hybridized carbons (Fsp3) is 0.944. The molecule has 1 N–H and O–H groups in total. The summed E-state index contributed by atoms with van der Waals surface area (Å²) in [5.74, 6) is 3.65. The number of nitrogens with zero attached hydrogens (tertiary/aromatic N) is 2. The van der Waals surface area contributed by atoms with Crippen molar-refractivity contribution in [3.05, 3.63) is 0 Å². The van der Waals surface area contributed by atoms with Crippen molar-refractivity contribution in [2.24, 2.45) is 28.7 Å². The lowest BCUT2D eigenvalue weighted by Crippen LogP contribution is -2.49. The lowest BCUT2D eigenvalue weighted by molar-refractivity contribution is 0.184. The van der Waals surface area contributed by atoms with Crippen molar-refractivity contribution in [2.75, 3.05) is 50.9 Å². The van der Waals surface area contributed by atoms with Gasteiger partial charge in [-0.15, -0.1) is 0 Å². The first-order valence-electron chi connectivity index (χ1n) is 9.72. The standard InChI is InChI=1S/C18H33N3O3S/c1-14-7-15(2)11-21(10-14)18(19-8-16-3-5-24-12-16)20-9-17-4-6-25(22,23)13-17/h14-17H,3-13H2,1-2H3,(H,19,20). The third-order valence-electron chi connectivity index (χ3n) is 5.57. The molecule has 0 spiro atoms. The van der Waals surface area contributed by atoms with Crippen molar-refractivity contribution in [1.82, 2.24) is 10.2 Å². The van der Waals surface area contributed by atoms with Crippen LogP contribution in [0, 0.1) is 23.7 Å². The number of ether oxygens (including phenoxy) is 1. The maximum Gasteiger partial charge on any atom is 0.193 e. The second-order valence-corrected chi connectivity index (χ2v) is 10.6. The van der Waals surface area contributed by atoms with Crippen LogP contribution >= 0.6 is 0 Å². The first-order chi connectivity index (χ1) is 11.9. The highest BCUT2D eigenvalue weighted by atomic mass is 32.2. The average Bonchev–Trinajstić information content (AvgIpc) is 3.15. The number of hydrogen-bond donors (Lipinski definition) is 1. The monoisotopic (exact) mass is 371 g/mol. The first kappa shape index (κ1) is 19.0. The van der Waals surface area contributed by atoms with Crippen LogP contribution in [0.5, 0.6) is 0 Å². The van der Waals surface area contributed by atoms with E-state index in [1.165, 1.54) is 6.42 Å². The molecule has 3 aliphatic heterocycles. The van der Waals surface area contributed by atoms with Crippen molar-refractivity contribution in [3.8, 4) is 0 Å².